The lowest BCUT2D eigenvalue weighted by atomic mass is 9.75. The van der Waals surface area contributed by atoms with E-state index in [-0.39, 0.29) is 18.2 Å². The molecule has 2 aliphatic rings. The van der Waals surface area contributed by atoms with E-state index >= 15 is 0 Å². The van der Waals surface area contributed by atoms with Crippen LogP contribution in [-0.4, -0.2) is 53.0 Å². The van der Waals surface area contributed by atoms with Gasteiger partial charge in [0.2, 0.25) is 0 Å². The number of Topliss-reactive ketones (excluding diaryl/α,β-unsaturated/α-hetero) is 1. The fourth-order valence-corrected chi connectivity index (χ4v) is 4.58. The van der Waals surface area contributed by atoms with Crippen LogP contribution < -0.4 is 5.32 Å². The number of nitrogens with zero attached hydrogens (tertiary/aromatic N) is 2. The molecule has 2 fully saturated rings. The number of ketones is 1. The fourth-order valence-electron chi connectivity index (χ4n) is 4.58. The van der Waals surface area contributed by atoms with Gasteiger partial charge in [0.05, 0.1) is 13.2 Å². The smallest absolute Gasteiger partial charge is 0.325 e. The van der Waals surface area contributed by atoms with Crippen LogP contribution in [0, 0.1) is 19.8 Å². The lowest BCUT2D eigenvalue weighted by Crippen LogP contribution is -2.49. The molecule has 1 spiro atoms. The predicted molar refractivity (Wildman–Crippen MR) is 105 cm³/mol. The van der Waals surface area contributed by atoms with E-state index < -0.39 is 11.6 Å². The van der Waals surface area contributed by atoms with Gasteiger partial charge in [0, 0.05) is 30.6 Å². The fraction of sp³-hybridized carbons (Fsp3) is 0.667. The second-order valence-electron chi connectivity index (χ2n) is 8.11. The zero-order chi connectivity index (χ0) is 20.5. The summed E-state index contributed by atoms with van der Waals surface area (Å²) >= 11 is 0. The van der Waals surface area contributed by atoms with Crippen LogP contribution in [-0.2, 0) is 16.1 Å². The van der Waals surface area contributed by atoms with E-state index in [0.717, 1.165) is 35.6 Å². The molecule has 1 aliphatic heterocycles. The first-order chi connectivity index (χ1) is 13.3. The molecule has 0 aromatic carbocycles. The van der Waals surface area contributed by atoms with E-state index in [1.165, 1.54) is 0 Å². The standard InChI is InChI=1S/C21H31N3O4/c1-5-16-6-8-21(9-7-16)19(26)24(20(27)22-21)13-18(25)17-12-14(2)23(15(17)3)10-11-28-4/h12,16H,5-11,13H2,1-4H3,(H,22,27). The number of carbonyl (C=O) groups is 3. The minimum atomic E-state index is -0.807. The Morgan fingerprint density at radius 2 is 1.96 bits per heavy atom. The van der Waals surface area contributed by atoms with Crippen molar-refractivity contribution in [2.45, 2.75) is 65.0 Å². The van der Waals surface area contributed by atoms with Crippen LogP contribution in [0.1, 0.15) is 60.8 Å². The number of aryl methyl sites for hydroxylation is 1. The molecule has 2 heterocycles. The predicted octanol–water partition coefficient (Wildman–Crippen LogP) is 2.82. The second-order valence-corrected chi connectivity index (χ2v) is 8.11. The van der Waals surface area contributed by atoms with Crippen LogP contribution in [0.4, 0.5) is 4.79 Å². The molecule has 1 aliphatic carbocycles. The minimum Gasteiger partial charge on any atom is -0.383 e. The summed E-state index contributed by atoms with van der Waals surface area (Å²) in [6.45, 7) is 6.98. The van der Waals surface area contributed by atoms with E-state index in [2.05, 4.69) is 12.2 Å². The molecule has 1 N–H and O–H groups in total. The van der Waals surface area contributed by atoms with E-state index in [0.29, 0.717) is 37.5 Å². The molecular weight excluding hydrogens is 358 g/mol. The Labute approximate surface area is 166 Å². The second kappa shape index (κ2) is 8.07. The maximum Gasteiger partial charge on any atom is 0.325 e. The SMILES string of the molecule is CCC1CCC2(CC1)NC(=O)N(CC(=O)c1cc(C)n(CCOC)c1C)C2=O. The molecule has 0 atom stereocenters. The minimum absolute atomic E-state index is 0.209. The first-order valence-corrected chi connectivity index (χ1v) is 10.2. The molecule has 28 heavy (non-hydrogen) atoms. The van der Waals surface area contributed by atoms with Crippen molar-refractivity contribution < 1.29 is 19.1 Å². The molecule has 3 amide bonds. The van der Waals surface area contributed by atoms with Gasteiger partial charge in [-0.3, -0.25) is 14.5 Å². The van der Waals surface area contributed by atoms with Crippen molar-refractivity contribution in [3.05, 3.63) is 23.0 Å². The van der Waals surface area contributed by atoms with Crippen molar-refractivity contribution >= 4 is 17.7 Å². The Hall–Kier alpha value is -2.15. The molecule has 1 saturated heterocycles. The highest BCUT2D eigenvalue weighted by atomic mass is 16.5. The maximum absolute atomic E-state index is 13.0. The molecule has 1 aromatic rings. The summed E-state index contributed by atoms with van der Waals surface area (Å²) in [6.07, 6.45) is 4.29. The Morgan fingerprint density at radius 1 is 1.29 bits per heavy atom. The highest BCUT2D eigenvalue weighted by Gasteiger charge is 2.52. The number of urea groups is 1. The molecule has 0 radical (unpaired) electrons. The highest BCUT2D eigenvalue weighted by Crippen LogP contribution is 2.37. The van der Waals surface area contributed by atoms with Gasteiger partial charge in [-0.15, -0.1) is 0 Å². The number of amides is 3. The van der Waals surface area contributed by atoms with Crippen LogP contribution in [0.3, 0.4) is 0 Å². The van der Waals surface area contributed by atoms with Gasteiger partial charge in [-0.25, -0.2) is 4.79 Å². The lowest BCUT2D eigenvalue weighted by Gasteiger charge is -2.34. The molecule has 154 valence electrons. The van der Waals surface area contributed by atoms with Crippen molar-refractivity contribution in [1.82, 2.24) is 14.8 Å². The van der Waals surface area contributed by atoms with Crippen molar-refractivity contribution in [2.24, 2.45) is 5.92 Å². The van der Waals surface area contributed by atoms with Crippen LogP contribution in [0.15, 0.2) is 6.07 Å². The normalized spacial score (nSPS) is 24.9. The van der Waals surface area contributed by atoms with Crippen LogP contribution in [0.5, 0.6) is 0 Å². The van der Waals surface area contributed by atoms with Gasteiger partial charge in [0.25, 0.3) is 5.91 Å². The summed E-state index contributed by atoms with van der Waals surface area (Å²) in [7, 11) is 1.64. The zero-order valence-corrected chi connectivity index (χ0v) is 17.3. The van der Waals surface area contributed by atoms with Crippen molar-refractivity contribution in [3.63, 3.8) is 0 Å². The van der Waals surface area contributed by atoms with Gasteiger partial charge in [-0.1, -0.05) is 13.3 Å². The summed E-state index contributed by atoms with van der Waals surface area (Å²) in [5, 5.41) is 2.89. The number of rotatable bonds is 7. The maximum atomic E-state index is 13.0. The summed E-state index contributed by atoms with van der Waals surface area (Å²) in [4.78, 5) is 39.5. The third-order valence-corrected chi connectivity index (χ3v) is 6.48. The Morgan fingerprint density at radius 3 is 2.57 bits per heavy atom. The van der Waals surface area contributed by atoms with Gasteiger partial charge in [0.15, 0.2) is 5.78 Å². The number of methoxy groups -OCH3 is 1. The van der Waals surface area contributed by atoms with E-state index in [1.807, 2.05) is 24.5 Å². The van der Waals surface area contributed by atoms with E-state index in [4.69, 9.17) is 4.74 Å². The molecule has 0 bridgehead atoms. The van der Waals surface area contributed by atoms with E-state index in [9.17, 15) is 14.4 Å². The highest BCUT2D eigenvalue weighted by molar-refractivity contribution is 6.11. The number of imide groups is 1. The van der Waals surface area contributed by atoms with Crippen molar-refractivity contribution in [3.8, 4) is 0 Å². The van der Waals surface area contributed by atoms with Gasteiger partial charge < -0.3 is 14.6 Å². The molecule has 1 aromatic heterocycles. The first kappa shape index (κ1) is 20.6. The number of hydrogen-bond acceptors (Lipinski definition) is 4. The number of aromatic nitrogens is 1. The number of nitrogens with one attached hydrogen (secondary N) is 1. The Balaban J connectivity index is 1.73. The topological polar surface area (TPSA) is 80.6 Å². The number of carbonyl (C=O) groups excluding carboxylic acids is 3. The summed E-state index contributed by atoms with van der Waals surface area (Å²) in [6, 6.07) is 1.38. The average Bonchev–Trinajstić information content (AvgIpc) is 3.09. The van der Waals surface area contributed by atoms with Gasteiger partial charge >= 0.3 is 6.03 Å². The van der Waals surface area contributed by atoms with Crippen LogP contribution in [0.2, 0.25) is 0 Å². The average molecular weight is 389 g/mol. The molecule has 7 nitrogen and oxygen atoms in total. The summed E-state index contributed by atoms with van der Waals surface area (Å²) in [5.41, 5.74) is 1.55. The van der Waals surface area contributed by atoms with Crippen molar-refractivity contribution in [2.75, 3.05) is 20.3 Å². The molecule has 0 unspecified atom stereocenters. The summed E-state index contributed by atoms with van der Waals surface area (Å²) < 4.78 is 7.15. The van der Waals surface area contributed by atoms with Gasteiger partial charge in [-0.05, 0) is 51.5 Å². The van der Waals surface area contributed by atoms with Crippen molar-refractivity contribution in [1.29, 1.82) is 0 Å². The third-order valence-electron chi connectivity index (χ3n) is 6.48. The molecular formula is C21H31N3O4. The number of hydrogen-bond donors (Lipinski definition) is 1. The number of ether oxygens (including phenoxy) is 1. The monoisotopic (exact) mass is 389 g/mol. The summed E-state index contributed by atoms with van der Waals surface area (Å²) in [5.74, 6) is 0.164. The van der Waals surface area contributed by atoms with Gasteiger partial charge in [0.1, 0.15) is 5.54 Å². The molecule has 7 heteroatoms. The largest absolute Gasteiger partial charge is 0.383 e. The Bertz CT molecular complexity index is 775. The lowest BCUT2D eigenvalue weighted by molar-refractivity contribution is -0.132. The third kappa shape index (κ3) is 3.60. The van der Waals surface area contributed by atoms with E-state index in [1.54, 1.807) is 7.11 Å². The molecule has 1 saturated carbocycles. The first-order valence-electron chi connectivity index (χ1n) is 10.2. The van der Waals surface area contributed by atoms with Crippen LogP contribution >= 0.6 is 0 Å². The Kier molecular flexibility index (Phi) is 5.93. The van der Waals surface area contributed by atoms with Gasteiger partial charge in [-0.2, -0.15) is 0 Å². The molecule has 3 rings (SSSR count). The zero-order valence-electron chi connectivity index (χ0n) is 17.3. The quantitative estimate of drug-likeness (QED) is 0.574. The van der Waals surface area contributed by atoms with Crippen LogP contribution in [0.25, 0.3) is 0 Å².